The van der Waals surface area contributed by atoms with Gasteiger partial charge in [0, 0.05) is 32.7 Å². The molecule has 1 saturated heterocycles. The molecule has 0 radical (unpaired) electrons. The van der Waals surface area contributed by atoms with Gasteiger partial charge in [0.25, 0.3) is 0 Å². The molecule has 0 unspecified atom stereocenters. The van der Waals surface area contributed by atoms with E-state index in [1.165, 1.54) is 49.7 Å². The van der Waals surface area contributed by atoms with Crippen molar-refractivity contribution in [3.05, 3.63) is 29.3 Å². The lowest BCUT2D eigenvalue weighted by Gasteiger charge is -2.34. The van der Waals surface area contributed by atoms with Gasteiger partial charge in [-0.25, -0.2) is 8.42 Å². The number of piperazine rings is 1. The summed E-state index contributed by atoms with van der Waals surface area (Å²) in [5.74, 6) is 0.688. The third-order valence-electron chi connectivity index (χ3n) is 6.97. The third-order valence-corrected chi connectivity index (χ3v) is 8.86. The first-order valence-electron chi connectivity index (χ1n) is 11.6. The van der Waals surface area contributed by atoms with Gasteiger partial charge in [-0.05, 0) is 67.7 Å². The zero-order valence-electron chi connectivity index (χ0n) is 17.9. The van der Waals surface area contributed by atoms with E-state index in [-0.39, 0.29) is 5.91 Å². The number of rotatable bonds is 6. The van der Waals surface area contributed by atoms with Crippen molar-refractivity contribution >= 4 is 15.9 Å². The quantitative estimate of drug-likeness (QED) is 0.749. The average Bonchev–Trinajstić information content (AvgIpc) is 2.78. The van der Waals surface area contributed by atoms with Crippen molar-refractivity contribution in [2.75, 3.05) is 39.3 Å². The molecule has 3 aliphatic rings. The van der Waals surface area contributed by atoms with Crippen LogP contribution in [0.4, 0.5) is 0 Å². The highest BCUT2D eigenvalue weighted by atomic mass is 32.2. The molecule has 0 spiro atoms. The fourth-order valence-corrected chi connectivity index (χ4v) is 6.53. The Labute approximate surface area is 181 Å². The van der Waals surface area contributed by atoms with Crippen LogP contribution in [0.15, 0.2) is 23.1 Å². The van der Waals surface area contributed by atoms with Gasteiger partial charge in [-0.3, -0.25) is 9.69 Å². The smallest absolute Gasteiger partial charge is 0.243 e. The summed E-state index contributed by atoms with van der Waals surface area (Å²) < 4.78 is 27.8. The number of amides is 1. The summed E-state index contributed by atoms with van der Waals surface area (Å²) in [4.78, 5) is 14.8. The number of sulfonamides is 1. The first-order chi connectivity index (χ1) is 14.5. The normalized spacial score (nSPS) is 21.9. The van der Waals surface area contributed by atoms with E-state index in [1.54, 1.807) is 10.4 Å². The zero-order chi connectivity index (χ0) is 21.0. The average molecular weight is 434 g/mol. The summed E-state index contributed by atoms with van der Waals surface area (Å²) in [6, 6.07) is 5.65. The van der Waals surface area contributed by atoms with E-state index < -0.39 is 10.0 Å². The number of nitrogens with zero attached hydrogens (tertiary/aromatic N) is 2. The summed E-state index contributed by atoms with van der Waals surface area (Å²) >= 11 is 0. The number of hydrogen-bond acceptors (Lipinski definition) is 4. The van der Waals surface area contributed by atoms with E-state index in [0.29, 0.717) is 43.5 Å². The third kappa shape index (κ3) is 5.24. The second-order valence-electron chi connectivity index (χ2n) is 9.13. The highest BCUT2D eigenvalue weighted by Gasteiger charge is 2.29. The molecule has 7 heteroatoms. The summed E-state index contributed by atoms with van der Waals surface area (Å²) in [5, 5.41) is 3.08. The van der Waals surface area contributed by atoms with Crippen molar-refractivity contribution in [3.63, 3.8) is 0 Å². The maximum atomic E-state index is 13.1. The van der Waals surface area contributed by atoms with Crippen LogP contribution in [0, 0.1) is 5.92 Å². The van der Waals surface area contributed by atoms with Crippen LogP contribution in [0.3, 0.4) is 0 Å². The topological polar surface area (TPSA) is 69.7 Å². The molecule has 6 nitrogen and oxygen atoms in total. The lowest BCUT2D eigenvalue weighted by Crippen LogP contribution is -2.51. The molecule has 0 bridgehead atoms. The largest absolute Gasteiger partial charge is 0.355 e. The van der Waals surface area contributed by atoms with Crippen molar-refractivity contribution in [1.82, 2.24) is 14.5 Å². The zero-order valence-corrected chi connectivity index (χ0v) is 18.8. The van der Waals surface area contributed by atoms with Crippen molar-refractivity contribution < 1.29 is 13.2 Å². The Kier molecular flexibility index (Phi) is 7.11. The highest BCUT2D eigenvalue weighted by molar-refractivity contribution is 7.89. The molecular weight excluding hydrogens is 398 g/mol. The number of aryl methyl sites for hydroxylation is 2. The van der Waals surface area contributed by atoms with Crippen molar-refractivity contribution in [1.29, 1.82) is 0 Å². The first-order valence-corrected chi connectivity index (χ1v) is 13.1. The van der Waals surface area contributed by atoms with Gasteiger partial charge in [0.2, 0.25) is 15.9 Å². The van der Waals surface area contributed by atoms with Crippen LogP contribution in [-0.2, 0) is 27.7 Å². The minimum Gasteiger partial charge on any atom is -0.355 e. The van der Waals surface area contributed by atoms with Crippen molar-refractivity contribution in [2.24, 2.45) is 5.92 Å². The van der Waals surface area contributed by atoms with Crippen LogP contribution in [-0.4, -0.2) is 62.8 Å². The molecule has 0 aromatic heterocycles. The standard InChI is InChI=1S/C23H35N3O3S/c27-23(24-17-19-6-2-1-3-7-19)18-25-12-14-26(15-13-25)30(28,29)22-11-10-20-8-4-5-9-21(20)16-22/h10-11,16,19H,1-9,12-15,17-18H2,(H,24,27). The van der Waals surface area contributed by atoms with Crippen molar-refractivity contribution in [3.8, 4) is 0 Å². The van der Waals surface area contributed by atoms with Gasteiger partial charge in [-0.15, -0.1) is 0 Å². The van der Waals surface area contributed by atoms with Gasteiger partial charge in [-0.1, -0.05) is 25.3 Å². The molecule has 1 saturated carbocycles. The lowest BCUT2D eigenvalue weighted by molar-refractivity contribution is -0.122. The molecule has 4 rings (SSSR count). The van der Waals surface area contributed by atoms with Crippen LogP contribution in [0.2, 0.25) is 0 Å². The molecule has 2 fully saturated rings. The van der Waals surface area contributed by atoms with Gasteiger partial charge < -0.3 is 5.32 Å². The number of benzene rings is 1. The highest BCUT2D eigenvalue weighted by Crippen LogP contribution is 2.26. The predicted octanol–water partition coefficient (Wildman–Crippen LogP) is 2.57. The number of hydrogen-bond donors (Lipinski definition) is 1. The fourth-order valence-electron chi connectivity index (χ4n) is 5.06. The molecule has 1 aliphatic heterocycles. The summed E-state index contributed by atoms with van der Waals surface area (Å²) in [7, 11) is -3.47. The minimum absolute atomic E-state index is 0.0616. The maximum Gasteiger partial charge on any atom is 0.243 e. The van der Waals surface area contributed by atoms with Crippen LogP contribution in [0.5, 0.6) is 0 Å². The second kappa shape index (κ2) is 9.79. The second-order valence-corrected chi connectivity index (χ2v) is 11.1. The summed E-state index contributed by atoms with van der Waals surface area (Å²) in [6.45, 7) is 3.22. The van der Waals surface area contributed by atoms with Gasteiger partial charge in [0.05, 0.1) is 11.4 Å². The predicted molar refractivity (Wildman–Crippen MR) is 118 cm³/mol. The molecule has 30 heavy (non-hydrogen) atoms. The Balaban J connectivity index is 1.26. The molecular formula is C23H35N3O3S. The van der Waals surface area contributed by atoms with Gasteiger partial charge in [0.1, 0.15) is 0 Å². The number of fused-ring (bicyclic) bond motifs is 1. The van der Waals surface area contributed by atoms with E-state index in [2.05, 4.69) is 10.2 Å². The van der Waals surface area contributed by atoms with E-state index >= 15 is 0 Å². The molecule has 0 atom stereocenters. The summed E-state index contributed by atoms with van der Waals surface area (Å²) in [6.07, 6.45) is 10.7. The molecule has 1 heterocycles. The van der Waals surface area contributed by atoms with Gasteiger partial charge in [-0.2, -0.15) is 4.31 Å². The van der Waals surface area contributed by atoms with Crippen LogP contribution >= 0.6 is 0 Å². The number of nitrogens with one attached hydrogen (secondary N) is 1. The Hall–Kier alpha value is -1.44. The van der Waals surface area contributed by atoms with Crippen LogP contribution in [0.1, 0.15) is 56.1 Å². The van der Waals surface area contributed by atoms with E-state index in [9.17, 15) is 13.2 Å². The fraction of sp³-hybridized carbons (Fsp3) is 0.696. The SMILES string of the molecule is O=C(CN1CCN(S(=O)(=O)c2ccc3c(c2)CCCC3)CC1)NCC1CCCCC1. The molecule has 1 amide bonds. The van der Waals surface area contributed by atoms with E-state index in [4.69, 9.17) is 0 Å². The minimum atomic E-state index is -3.47. The molecule has 166 valence electrons. The Morgan fingerprint density at radius 1 is 0.933 bits per heavy atom. The van der Waals surface area contributed by atoms with Crippen LogP contribution < -0.4 is 5.32 Å². The van der Waals surface area contributed by atoms with E-state index in [0.717, 1.165) is 25.8 Å². The Morgan fingerprint density at radius 3 is 2.37 bits per heavy atom. The number of carbonyl (C=O) groups is 1. The van der Waals surface area contributed by atoms with E-state index in [1.807, 2.05) is 12.1 Å². The molecule has 2 aliphatic carbocycles. The molecule has 1 aromatic carbocycles. The van der Waals surface area contributed by atoms with Crippen LogP contribution in [0.25, 0.3) is 0 Å². The Morgan fingerprint density at radius 2 is 1.63 bits per heavy atom. The summed E-state index contributed by atoms with van der Waals surface area (Å²) in [5.41, 5.74) is 2.49. The first kappa shape index (κ1) is 21.8. The lowest BCUT2D eigenvalue weighted by atomic mass is 9.89. The van der Waals surface area contributed by atoms with Crippen molar-refractivity contribution in [2.45, 2.75) is 62.7 Å². The molecule has 1 aromatic rings. The number of carbonyl (C=O) groups excluding carboxylic acids is 1. The maximum absolute atomic E-state index is 13.1. The van der Waals surface area contributed by atoms with Gasteiger partial charge in [0.15, 0.2) is 0 Å². The Bertz CT molecular complexity index is 841. The molecule has 1 N–H and O–H groups in total. The monoisotopic (exact) mass is 433 g/mol. The van der Waals surface area contributed by atoms with Gasteiger partial charge >= 0.3 is 0 Å².